The van der Waals surface area contributed by atoms with Crippen LogP contribution in [0, 0.1) is 25.7 Å². The van der Waals surface area contributed by atoms with E-state index < -0.39 is 18.1 Å². The number of anilines is 2. The van der Waals surface area contributed by atoms with Gasteiger partial charge in [-0.3, -0.25) is 19.5 Å². The van der Waals surface area contributed by atoms with Crippen molar-refractivity contribution >= 4 is 46.7 Å². The number of aliphatic imine (C=N–C) groups is 1. The molecular formula is C30H37N5O3S. The van der Waals surface area contributed by atoms with Crippen LogP contribution in [0.25, 0.3) is 0 Å². The Morgan fingerprint density at radius 3 is 2.38 bits per heavy atom. The van der Waals surface area contributed by atoms with E-state index in [0.29, 0.717) is 29.0 Å². The molecular weight excluding hydrogens is 510 g/mol. The number of benzodiazepines with no additional fused rings is 1. The lowest BCUT2D eigenvalue weighted by molar-refractivity contribution is -0.132. The van der Waals surface area contributed by atoms with E-state index in [4.69, 9.17) is 4.99 Å². The normalized spacial score (nSPS) is 22.5. The number of amides is 4. The van der Waals surface area contributed by atoms with E-state index in [-0.39, 0.29) is 12.5 Å². The van der Waals surface area contributed by atoms with E-state index in [1.54, 1.807) is 22.7 Å². The van der Waals surface area contributed by atoms with Crippen LogP contribution in [0.5, 0.6) is 0 Å². The minimum Gasteiger partial charge on any atom is -0.341 e. The van der Waals surface area contributed by atoms with Crippen molar-refractivity contribution in [2.75, 3.05) is 41.9 Å². The summed E-state index contributed by atoms with van der Waals surface area (Å²) in [7, 11) is 0. The smallest absolute Gasteiger partial charge is 0.321 e. The van der Waals surface area contributed by atoms with Crippen LogP contribution in [0.4, 0.5) is 16.2 Å². The van der Waals surface area contributed by atoms with Gasteiger partial charge in [0.15, 0.2) is 0 Å². The van der Waals surface area contributed by atoms with Gasteiger partial charge in [0.05, 0.1) is 11.4 Å². The Labute approximate surface area is 234 Å². The Hall–Kier alpha value is -3.33. The van der Waals surface area contributed by atoms with Crippen LogP contribution in [0.3, 0.4) is 0 Å². The first kappa shape index (κ1) is 27.2. The first-order chi connectivity index (χ1) is 18.8. The lowest BCUT2D eigenvalue weighted by Crippen LogP contribution is -2.52. The quantitative estimate of drug-likeness (QED) is 0.553. The number of carbonyl (C=O) groups excluding carboxylic acids is 3. The molecule has 0 aromatic heterocycles. The number of hydrogen-bond donors (Lipinski definition) is 2. The van der Waals surface area contributed by atoms with E-state index in [1.165, 1.54) is 25.7 Å². The predicted octanol–water partition coefficient (Wildman–Crippen LogP) is 4.60. The Morgan fingerprint density at radius 1 is 1.03 bits per heavy atom. The third-order valence-corrected chi connectivity index (χ3v) is 8.56. The molecule has 3 fully saturated rings. The molecule has 1 atom stereocenters. The van der Waals surface area contributed by atoms with Gasteiger partial charge in [0.25, 0.3) is 5.91 Å². The van der Waals surface area contributed by atoms with Crippen LogP contribution in [0.15, 0.2) is 47.5 Å². The molecule has 3 aliphatic heterocycles. The number of nitrogens with zero attached hydrogens (tertiary/aromatic N) is 3. The molecule has 1 aliphatic carbocycles. The topological polar surface area (TPSA) is 94.1 Å². The summed E-state index contributed by atoms with van der Waals surface area (Å²) < 4.78 is 0. The molecule has 9 heteroatoms. The minimum absolute atomic E-state index is 0.0485. The van der Waals surface area contributed by atoms with Crippen molar-refractivity contribution in [3.05, 3.63) is 59.2 Å². The summed E-state index contributed by atoms with van der Waals surface area (Å²) in [6.45, 7) is 5.33. The Kier molecular flexibility index (Phi) is 8.26. The summed E-state index contributed by atoms with van der Waals surface area (Å²) in [6, 6.07) is 12.8. The summed E-state index contributed by atoms with van der Waals surface area (Å²) in [5.74, 6) is 1.19. The number of nitrogens with one attached hydrogen (secondary N) is 2. The van der Waals surface area contributed by atoms with Crippen molar-refractivity contribution in [3.8, 4) is 0 Å². The molecule has 2 bridgehead atoms. The van der Waals surface area contributed by atoms with Gasteiger partial charge in [-0.2, -0.15) is 11.8 Å². The number of thioether (sulfide) groups is 1. The second kappa shape index (κ2) is 11.8. The number of para-hydroxylation sites is 1. The van der Waals surface area contributed by atoms with Gasteiger partial charge in [0.1, 0.15) is 6.54 Å². The Morgan fingerprint density at radius 2 is 1.72 bits per heavy atom. The van der Waals surface area contributed by atoms with E-state index in [0.717, 1.165) is 35.5 Å². The fourth-order valence-electron chi connectivity index (χ4n) is 6.04. The SMILES string of the molecule is CSCC1=N[C@@H](NC(=O)Nc2cccc(C)c2)C(=O)N(CC(=O)N2CC3CCC(CC3)C2)c2c(C)cccc21. The third-order valence-electron chi connectivity index (χ3n) is 8.00. The molecule has 2 N–H and O–H groups in total. The van der Waals surface area contributed by atoms with Gasteiger partial charge in [-0.15, -0.1) is 0 Å². The summed E-state index contributed by atoms with van der Waals surface area (Å²) >= 11 is 1.60. The van der Waals surface area contributed by atoms with Crippen molar-refractivity contribution in [3.63, 3.8) is 0 Å². The maximum absolute atomic E-state index is 14.1. The molecule has 2 saturated heterocycles. The van der Waals surface area contributed by atoms with E-state index in [2.05, 4.69) is 10.6 Å². The highest BCUT2D eigenvalue weighted by atomic mass is 32.2. The number of rotatable bonds is 6. The monoisotopic (exact) mass is 547 g/mol. The van der Waals surface area contributed by atoms with Crippen LogP contribution in [0.2, 0.25) is 0 Å². The number of hydrogen-bond acceptors (Lipinski definition) is 5. The second-order valence-corrected chi connectivity index (χ2v) is 11.8. The first-order valence-corrected chi connectivity index (χ1v) is 15.1. The van der Waals surface area contributed by atoms with Crippen LogP contribution < -0.4 is 15.5 Å². The molecule has 2 aromatic carbocycles. The lowest BCUT2D eigenvalue weighted by Gasteiger charge is -2.30. The van der Waals surface area contributed by atoms with Crippen molar-refractivity contribution in [2.45, 2.75) is 45.7 Å². The maximum Gasteiger partial charge on any atom is 0.321 e. The van der Waals surface area contributed by atoms with Crippen molar-refractivity contribution in [1.29, 1.82) is 0 Å². The van der Waals surface area contributed by atoms with Gasteiger partial charge < -0.3 is 15.5 Å². The molecule has 0 spiro atoms. The Bertz CT molecular complexity index is 1270. The molecule has 6 rings (SSSR count). The summed E-state index contributed by atoms with van der Waals surface area (Å²) in [5, 5.41) is 5.58. The van der Waals surface area contributed by atoms with E-state index in [1.807, 2.05) is 61.4 Å². The number of urea groups is 1. The molecule has 0 unspecified atom stereocenters. The molecule has 4 aliphatic rings. The van der Waals surface area contributed by atoms with Crippen molar-refractivity contribution in [1.82, 2.24) is 10.2 Å². The van der Waals surface area contributed by atoms with Gasteiger partial charge in [0.2, 0.25) is 12.1 Å². The molecule has 206 valence electrons. The lowest BCUT2D eigenvalue weighted by atomic mass is 9.84. The Balaban J connectivity index is 1.44. The fraction of sp³-hybridized carbons (Fsp3) is 0.467. The van der Waals surface area contributed by atoms with Crippen molar-refractivity contribution < 1.29 is 14.4 Å². The molecule has 8 nitrogen and oxygen atoms in total. The zero-order valence-corrected chi connectivity index (χ0v) is 23.7. The first-order valence-electron chi connectivity index (χ1n) is 13.7. The summed E-state index contributed by atoms with van der Waals surface area (Å²) in [5.41, 5.74) is 4.77. The molecule has 2 aromatic rings. The average Bonchev–Trinajstić information content (AvgIpc) is 3.29. The van der Waals surface area contributed by atoms with Gasteiger partial charge in [0, 0.05) is 30.1 Å². The number of aryl methyl sites for hydroxylation is 2. The zero-order chi connectivity index (χ0) is 27.5. The highest BCUT2D eigenvalue weighted by Gasteiger charge is 2.37. The highest BCUT2D eigenvalue weighted by Crippen LogP contribution is 2.35. The van der Waals surface area contributed by atoms with Gasteiger partial charge in [-0.1, -0.05) is 30.3 Å². The number of carbonyl (C=O) groups is 3. The zero-order valence-electron chi connectivity index (χ0n) is 22.9. The van der Waals surface area contributed by atoms with Crippen LogP contribution in [-0.2, 0) is 9.59 Å². The van der Waals surface area contributed by atoms with E-state index in [9.17, 15) is 14.4 Å². The molecule has 0 radical (unpaired) electrons. The maximum atomic E-state index is 14.1. The second-order valence-electron chi connectivity index (χ2n) is 11.0. The standard InChI is InChI=1S/C30H37N5O3S/c1-19-6-4-8-23(14-19)31-30(38)33-28-29(37)35(17-26(36)34-15-21-10-11-22(16-34)13-12-21)27-20(2)7-5-9-24(27)25(32-28)18-39-3/h4-9,14,21-22,28H,10-13,15-18H2,1-3H3,(H2,31,33,38)/t21?,22?,28-/m0/s1. The van der Waals surface area contributed by atoms with Gasteiger partial charge in [-0.25, -0.2) is 4.79 Å². The highest BCUT2D eigenvalue weighted by molar-refractivity contribution is 7.99. The van der Waals surface area contributed by atoms with E-state index >= 15 is 0 Å². The number of benzene rings is 2. The minimum atomic E-state index is -1.16. The molecule has 4 amide bonds. The van der Waals surface area contributed by atoms with Gasteiger partial charge in [-0.05, 0) is 80.9 Å². The summed E-state index contributed by atoms with van der Waals surface area (Å²) in [6.07, 6.45) is 5.52. The van der Waals surface area contributed by atoms with Crippen LogP contribution in [-0.4, -0.2) is 66.3 Å². The largest absolute Gasteiger partial charge is 0.341 e. The average molecular weight is 548 g/mol. The predicted molar refractivity (Wildman–Crippen MR) is 158 cm³/mol. The molecule has 39 heavy (non-hydrogen) atoms. The third kappa shape index (κ3) is 6.13. The van der Waals surface area contributed by atoms with Crippen LogP contribution in [0.1, 0.15) is 42.4 Å². The van der Waals surface area contributed by atoms with Gasteiger partial charge >= 0.3 is 6.03 Å². The van der Waals surface area contributed by atoms with Crippen LogP contribution >= 0.6 is 11.8 Å². The molecule has 3 heterocycles. The molecule has 1 saturated carbocycles. The van der Waals surface area contributed by atoms with Crippen molar-refractivity contribution in [2.24, 2.45) is 16.8 Å². The number of fused-ring (bicyclic) bond motifs is 5. The fourth-order valence-corrected chi connectivity index (χ4v) is 6.54. The summed E-state index contributed by atoms with van der Waals surface area (Å²) in [4.78, 5) is 49.1.